The van der Waals surface area contributed by atoms with Crippen molar-refractivity contribution in [3.8, 4) is 0 Å². The fourth-order valence-corrected chi connectivity index (χ4v) is 6.26. The molecule has 0 heterocycles. The van der Waals surface area contributed by atoms with Gasteiger partial charge in [-0.25, -0.2) is 8.42 Å². The molecule has 0 amide bonds. The molecule has 0 radical (unpaired) electrons. The van der Waals surface area contributed by atoms with E-state index in [1.165, 1.54) is 22.5 Å². The van der Waals surface area contributed by atoms with Gasteiger partial charge in [0.05, 0.1) is 11.0 Å². The molecule has 1 unspecified atom stereocenters. The van der Waals surface area contributed by atoms with Gasteiger partial charge in [0.1, 0.15) is 0 Å². The molecule has 7 nitrogen and oxygen atoms in total. The summed E-state index contributed by atoms with van der Waals surface area (Å²) in [6.07, 6.45) is 4.47. The van der Waals surface area contributed by atoms with Gasteiger partial charge in [-0.2, -0.15) is 4.31 Å². The second kappa shape index (κ2) is 12.3. The van der Waals surface area contributed by atoms with Crippen molar-refractivity contribution in [2.45, 2.75) is 75.3 Å². The Kier molecular flexibility index (Phi) is 9.69. The molecule has 36 heavy (non-hydrogen) atoms. The minimum absolute atomic E-state index is 0.00275. The van der Waals surface area contributed by atoms with E-state index in [0.717, 1.165) is 31.2 Å². The number of carbonyl (C=O) groups is 1. The van der Waals surface area contributed by atoms with Crippen molar-refractivity contribution < 1.29 is 23.4 Å². The molecule has 0 aromatic heterocycles. The molecule has 0 saturated heterocycles. The Morgan fingerprint density at radius 1 is 1.08 bits per heavy atom. The molecule has 0 spiro atoms. The zero-order valence-corrected chi connectivity index (χ0v) is 22.4. The minimum Gasteiger partial charge on any atom is -0.481 e. The standard InChI is InChI=1S/C28H40N2O5S/c1-28(2,18-22-16-23-9-5-6-10-24(23)17-22)29-19-25(31)20-30(3)36(34,35)26-14-12-21(13-15-26)8-4-7-11-27(32)33/h5-6,9-10,12-15,22,25,29,31H,4,7-8,11,16-20H2,1-3H3,(H,32,33). The topological polar surface area (TPSA) is 107 Å². The van der Waals surface area contributed by atoms with Crippen molar-refractivity contribution >= 4 is 16.0 Å². The highest BCUT2D eigenvalue weighted by atomic mass is 32.2. The van der Waals surface area contributed by atoms with E-state index in [0.29, 0.717) is 25.3 Å². The fraction of sp³-hybridized carbons (Fsp3) is 0.536. The fourth-order valence-electron chi connectivity index (χ4n) is 5.06. The summed E-state index contributed by atoms with van der Waals surface area (Å²) in [6, 6.07) is 15.3. The van der Waals surface area contributed by atoms with Crippen molar-refractivity contribution in [3.63, 3.8) is 0 Å². The molecular formula is C28H40N2O5S. The molecular weight excluding hydrogens is 476 g/mol. The number of aliphatic hydroxyl groups excluding tert-OH is 1. The van der Waals surface area contributed by atoms with Crippen LogP contribution in [-0.2, 0) is 34.1 Å². The summed E-state index contributed by atoms with van der Waals surface area (Å²) in [5.74, 6) is -0.245. The number of fused-ring (bicyclic) bond motifs is 1. The normalized spacial score (nSPS) is 15.2. The van der Waals surface area contributed by atoms with Gasteiger partial charge in [-0.3, -0.25) is 4.79 Å². The van der Waals surface area contributed by atoms with Crippen molar-refractivity contribution in [1.29, 1.82) is 0 Å². The molecule has 1 atom stereocenters. The van der Waals surface area contributed by atoms with Gasteiger partial charge in [-0.15, -0.1) is 0 Å². The lowest BCUT2D eigenvalue weighted by Crippen LogP contribution is -2.47. The Hall–Kier alpha value is -2.26. The molecule has 0 fully saturated rings. The number of hydrogen-bond donors (Lipinski definition) is 3. The van der Waals surface area contributed by atoms with Crippen molar-refractivity contribution in [1.82, 2.24) is 9.62 Å². The molecule has 8 heteroatoms. The van der Waals surface area contributed by atoms with Crippen molar-refractivity contribution in [2.24, 2.45) is 5.92 Å². The Labute approximate surface area is 215 Å². The van der Waals surface area contributed by atoms with Gasteiger partial charge >= 0.3 is 5.97 Å². The number of sulfonamides is 1. The first-order valence-corrected chi connectivity index (χ1v) is 14.2. The zero-order chi connectivity index (χ0) is 26.3. The highest BCUT2D eigenvalue weighted by molar-refractivity contribution is 7.89. The number of benzene rings is 2. The number of aliphatic carboxylic acids is 1. The van der Waals surface area contributed by atoms with E-state index in [1.54, 1.807) is 24.3 Å². The Morgan fingerprint density at radius 3 is 2.28 bits per heavy atom. The number of likely N-dealkylation sites (N-methyl/N-ethyl adjacent to an activating group) is 1. The summed E-state index contributed by atoms with van der Waals surface area (Å²) in [5.41, 5.74) is 3.65. The molecule has 1 aliphatic rings. The van der Waals surface area contributed by atoms with Crippen LogP contribution in [0.25, 0.3) is 0 Å². The lowest BCUT2D eigenvalue weighted by molar-refractivity contribution is -0.137. The molecule has 3 rings (SSSR count). The van der Waals surface area contributed by atoms with E-state index in [9.17, 15) is 18.3 Å². The molecule has 2 aromatic carbocycles. The number of unbranched alkanes of at least 4 members (excludes halogenated alkanes) is 1. The van der Waals surface area contributed by atoms with Crippen LogP contribution >= 0.6 is 0 Å². The summed E-state index contributed by atoms with van der Waals surface area (Å²) in [7, 11) is -2.24. The number of carboxylic acid groups (broad SMARTS) is 1. The first-order valence-electron chi connectivity index (χ1n) is 12.7. The van der Waals surface area contributed by atoms with E-state index >= 15 is 0 Å². The Balaban J connectivity index is 1.45. The SMILES string of the molecule is CN(CC(O)CNC(C)(C)CC1Cc2ccccc2C1)S(=O)(=O)c1ccc(CCCCC(=O)O)cc1. The van der Waals surface area contributed by atoms with Crippen LogP contribution in [0.1, 0.15) is 56.2 Å². The van der Waals surface area contributed by atoms with E-state index < -0.39 is 22.1 Å². The van der Waals surface area contributed by atoms with Crippen LogP contribution < -0.4 is 5.32 Å². The summed E-state index contributed by atoms with van der Waals surface area (Å²) >= 11 is 0. The largest absolute Gasteiger partial charge is 0.481 e. The molecule has 2 aromatic rings. The lowest BCUT2D eigenvalue weighted by atomic mass is 9.88. The highest BCUT2D eigenvalue weighted by Gasteiger charge is 2.29. The summed E-state index contributed by atoms with van der Waals surface area (Å²) in [5, 5.41) is 22.7. The first-order chi connectivity index (χ1) is 17.0. The third kappa shape index (κ3) is 8.13. The average Bonchev–Trinajstić information content (AvgIpc) is 3.22. The van der Waals surface area contributed by atoms with Crippen molar-refractivity contribution in [2.75, 3.05) is 20.1 Å². The van der Waals surface area contributed by atoms with Crippen LogP contribution in [0.15, 0.2) is 53.4 Å². The van der Waals surface area contributed by atoms with E-state index in [4.69, 9.17) is 5.11 Å². The minimum atomic E-state index is -3.72. The van der Waals surface area contributed by atoms with Gasteiger partial charge in [0.2, 0.25) is 10.0 Å². The molecule has 3 N–H and O–H groups in total. The summed E-state index contributed by atoms with van der Waals surface area (Å²) in [4.78, 5) is 10.8. The number of carboxylic acids is 1. The maximum Gasteiger partial charge on any atom is 0.303 e. The number of nitrogens with one attached hydrogen (secondary N) is 1. The summed E-state index contributed by atoms with van der Waals surface area (Å²) in [6.45, 7) is 4.57. The number of hydrogen-bond acceptors (Lipinski definition) is 5. The second-order valence-corrected chi connectivity index (χ2v) is 12.7. The van der Waals surface area contributed by atoms with Crippen LogP contribution in [0.5, 0.6) is 0 Å². The van der Waals surface area contributed by atoms with Crippen LogP contribution in [0.3, 0.4) is 0 Å². The average molecular weight is 517 g/mol. The van der Waals surface area contributed by atoms with Crippen LogP contribution in [-0.4, -0.2) is 60.7 Å². The number of β-amino-alcohol motifs (C(OH)–C–C–N with tert-alkyl or cyclic N) is 1. The van der Waals surface area contributed by atoms with E-state index in [-0.39, 0.29) is 23.4 Å². The predicted molar refractivity (Wildman–Crippen MR) is 141 cm³/mol. The van der Waals surface area contributed by atoms with Gasteiger partial charge in [-0.1, -0.05) is 36.4 Å². The quantitative estimate of drug-likeness (QED) is 0.331. The van der Waals surface area contributed by atoms with E-state index in [2.05, 4.69) is 43.4 Å². The smallest absolute Gasteiger partial charge is 0.303 e. The third-order valence-corrected chi connectivity index (χ3v) is 8.79. The number of aliphatic hydroxyl groups is 1. The zero-order valence-electron chi connectivity index (χ0n) is 21.6. The molecule has 0 bridgehead atoms. The van der Waals surface area contributed by atoms with Gasteiger partial charge in [0.25, 0.3) is 0 Å². The maximum absolute atomic E-state index is 13.0. The molecule has 0 aliphatic heterocycles. The first kappa shape index (κ1) is 28.3. The summed E-state index contributed by atoms with van der Waals surface area (Å²) < 4.78 is 27.2. The van der Waals surface area contributed by atoms with Crippen LogP contribution in [0.2, 0.25) is 0 Å². The van der Waals surface area contributed by atoms with Gasteiger partial charge < -0.3 is 15.5 Å². The maximum atomic E-state index is 13.0. The molecule has 0 saturated carbocycles. The van der Waals surface area contributed by atoms with Gasteiger partial charge in [-0.05, 0) is 87.1 Å². The number of nitrogens with zero attached hydrogens (tertiary/aromatic N) is 1. The molecule has 1 aliphatic carbocycles. The van der Waals surface area contributed by atoms with Crippen molar-refractivity contribution in [3.05, 3.63) is 65.2 Å². The lowest BCUT2D eigenvalue weighted by Gasteiger charge is -2.31. The number of rotatable bonds is 14. The number of aryl methyl sites for hydroxylation is 1. The predicted octanol–water partition coefficient (Wildman–Crippen LogP) is 3.64. The van der Waals surface area contributed by atoms with Gasteiger partial charge in [0.15, 0.2) is 0 Å². The molecule has 198 valence electrons. The third-order valence-electron chi connectivity index (χ3n) is 6.96. The van der Waals surface area contributed by atoms with Gasteiger partial charge in [0, 0.05) is 32.1 Å². The highest BCUT2D eigenvalue weighted by Crippen LogP contribution is 2.31. The van der Waals surface area contributed by atoms with E-state index in [1.807, 2.05) is 0 Å². The van der Waals surface area contributed by atoms with Crippen LogP contribution in [0, 0.1) is 5.92 Å². The van der Waals surface area contributed by atoms with Crippen LogP contribution in [0.4, 0.5) is 0 Å². The Bertz CT molecular complexity index is 1090. The monoisotopic (exact) mass is 516 g/mol. The Morgan fingerprint density at radius 2 is 1.69 bits per heavy atom. The second-order valence-electron chi connectivity index (χ2n) is 10.7.